The molecule has 18 heavy (non-hydrogen) atoms. The molecule has 5 heteroatoms. The van der Waals surface area contributed by atoms with Gasteiger partial charge in [0.1, 0.15) is 0 Å². The van der Waals surface area contributed by atoms with Gasteiger partial charge < -0.3 is 5.32 Å². The molecule has 1 aliphatic heterocycles. The Bertz CT molecular complexity index is 436. The van der Waals surface area contributed by atoms with Crippen molar-refractivity contribution in [2.24, 2.45) is 18.0 Å². The molecule has 100 valence electrons. The monoisotopic (exact) mass is 266 g/mol. The minimum absolute atomic E-state index is 0.563. The first-order valence-corrected chi connectivity index (χ1v) is 7.54. The molecule has 0 aliphatic carbocycles. The number of rotatable bonds is 4. The molecule has 1 aromatic rings. The highest BCUT2D eigenvalue weighted by Gasteiger charge is 2.22. The van der Waals surface area contributed by atoms with Gasteiger partial charge in [0.2, 0.25) is 0 Å². The first kappa shape index (κ1) is 13.5. The molecule has 1 unspecified atom stereocenters. The summed E-state index contributed by atoms with van der Waals surface area (Å²) in [7, 11) is 1.97. The maximum atomic E-state index is 4.66. The van der Waals surface area contributed by atoms with Gasteiger partial charge >= 0.3 is 0 Å². The molecule has 0 spiro atoms. The molecular formula is C13H22N4S. The third kappa shape index (κ3) is 3.07. The lowest BCUT2D eigenvalue weighted by Crippen LogP contribution is -2.31. The Hall–Kier alpha value is -0.970. The quantitative estimate of drug-likeness (QED) is 0.908. The fourth-order valence-corrected chi connectivity index (χ4v) is 3.23. The fourth-order valence-electron chi connectivity index (χ4n) is 2.03. The van der Waals surface area contributed by atoms with Crippen molar-refractivity contribution in [1.82, 2.24) is 15.1 Å². The molecule has 2 heterocycles. The van der Waals surface area contributed by atoms with Crippen molar-refractivity contribution in [3.05, 3.63) is 17.5 Å². The maximum absolute atomic E-state index is 4.66. The summed E-state index contributed by atoms with van der Waals surface area (Å²) < 4.78 is 1.88. The van der Waals surface area contributed by atoms with Gasteiger partial charge in [-0.25, -0.2) is 0 Å². The zero-order valence-electron chi connectivity index (χ0n) is 11.6. The summed E-state index contributed by atoms with van der Waals surface area (Å²) in [6.07, 6.45) is 3.04. The molecule has 4 nitrogen and oxygen atoms in total. The summed E-state index contributed by atoms with van der Waals surface area (Å²) in [4.78, 5) is 4.66. The van der Waals surface area contributed by atoms with Gasteiger partial charge in [0, 0.05) is 30.6 Å². The molecule has 0 radical (unpaired) electrons. The number of nitrogens with zero attached hydrogens (tertiary/aromatic N) is 3. The van der Waals surface area contributed by atoms with Crippen LogP contribution in [0.2, 0.25) is 0 Å². The number of hydrogen-bond acceptors (Lipinski definition) is 3. The van der Waals surface area contributed by atoms with Crippen LogP contribution in [-0.2, 0) is 20.0 Å². The SMILES string of the molecule is CCc1nn(C)cc1CN=C1NC(C(C)C)CS1. The average molecular weight is 266 g/mol. The summed E-state index contributed by atoms with van der Waals surface area (Å²) in [6, 6.07) is 0.563. The van der Waals surface area contributed by atoms with Crippen LogP contribution < -0.4 is 5.32 Å². The van der Waals surface area contributed by atoms with E-state index in [1.807, 2.05) is 23.5 Å². The molecule has 0 amide bonds. The Balaban J connectivity index is 1.99. The molecular weight excluding hydrogens is 244 g/mol. The van der Waals surface area contributed by atoms with Crippen LogP contribution in [0.4, 0.5) is 0 Å². The number of aliphatic imine (C=N–C) groups is 1. The molecule has 0 bridgehead atoms. The molecule has 1 saturated heterocycles. The van der Waals surface area contributed by atoms with Gasteiger partial charge in [-0.1, -0.05) is 32.5 Å². The molecule has 2 rings (SSSR count). The van der Waals surface area contributed by atoms with Crippen molar-refractivity contribution < 1.29 is 0 Å². The third-order valence-corrected chi connectivity index (χ3v) is 4.28. The van der Waals surface area contributed by atoms with E-state index in [1.54, 1.807) is 0 Å². The first-order valence-electron chi connectivity index (χ1n) is 6.55. The van der Waals surface area contributed by atoms with Gasteiger partial charge in [0.05, 0.1) is 12.2 Å². The van der Waals surface area contributed by atoms with Crippen LogP contribution in [0.1, 0.15) is 32.0 Å². The van der Waals surface area contributed by atoms with Crippen molar-refractivity contribution in [2.45, 2.75) is 39.8 Å². The molecule has 1 aromatic heterocycles. The normalized spacial score (nSPS) is 21.8. The Labute approximate surface area is 113 Å². The molecule has 1 atom stereocenters. The molecule has 1 aliphatic rings. The van der Waals surface area contributed by atoms with Gasteiger partial charge in [0.25, 0.3) is 0 Å². The lowest BCUT2D eigenvalue weighted by Gasteiger charge is -2.13. The number of amidine groups is 1. The van der Waals surface area contributed by atoms with Crippen LogP contribution in [0.25, 0.3) is 0 Å². The van der Waals surface area contributed by atoms with Crippen LogP contribution in [0.5, 0.6) is 0 Å². The highest BCUT2D eigenvalue weighted by molar-refractivity contribution is 8.14. The maximum Gasteiger partial charge on any atom is 0.157 e. The topological polar surface area (TPSA) is 42.2 Å². The predicted molar refractivity (Wildman–Crippen MR) is 77.9 cm³/mol. The Kier molecular flexibility index (Phi) is 4.32. The number of nitrogens with one attached hydrogen (secondary N) is 1. The number of aryl methyl sites for hydroxylation is 2. The van der Waals surface area contributed by atoms with Crippen molar-refractivity contribution in [3.8, 4) is 0 Å². The first-order chi connectivity index (χ1) is 8.60. The van der Waals surface area contributed by atoms with Gasteiger partial charge in [-0.3, -0.25) is 9.67 Å². The molecule has 1 fully saturated rings. The standard InChI is InChI=1S/C13H22N4S/c1-5-11-10(7-17(4)16-11)6-14-13-15-12(8-18-13)9(2)3/h7,9,12H,5-6,8H2,1-4H3,(H,14,15). The van der Waals surface area contributed by atoms with Crippen molar-refractivity contribution >= 4 is 16.9 Å². The lowest BCUT2D eigenvalue weighted by molar-refractivity contribution is 0.503. The molecule has 1 N–H and O–H groups in total. The van der Waals surface area contributed by atoms with Gasteiger partial charge in [-0.2, -0.15) is 5.10 Å². The van der Waals surface area contributed by atoms with E-state index in [9.17, 15) is 0 Å². The van der Waals surface area contributed by atoms with Crippen molar-refractivity contribution in [1.29, 1.82) is 0 Å². The second-order valence-electron chi connectivity index (χ2n) is 5.06. The minimum atomic E-state index is 0.563. The predicted octanol–water partition coefficient (Wildman–Crippen LogP) is 2.20. The lowest BCUT2D eigenvalue weighted by atomic mass is 10.1. The smallest absolute Gasteiger partial charge is 0.157 e. The highest BCUT2D eigenvalue weighted by atomic mass is 32.2. The van der Waals surface area contributed by atoms with E-state index in [0.29, 0.717) is 12.0 Å². The summed E-state index contributed by atoms with van der Waals surface area (Å²) in [5.41, 5.74) is 2.40. The summed E-state index contributed by atoms with van der Waals surface area (Å²) in [5.74, 6) is 1.79. The largest absolute Gasteiger partial charge is 0.361 e. The minimum Gasteiger partial charge on any atom is -0.361 e. The Morgan fingerprint density at radius 3 is 3.00 bits per heavy atom. The van der Waals surface area contributed by atoms with E-state index < -0.39 is 0 Å². The summed E-state index contributed by atoms with van der Waals surface area (Å²) in [6.45, 7) is 7.36. The van der Waals surface area contributed by atoms with Crippen LogP contribution in [-0.4, -0.2) is 26.7 Å². The number of thioether (sulfide) groups is 1. The van der Waals surface area contributed by atoms with E-state index in [4.69, 9.17) is 0 Å². The summed E-state index contributed by atoms with van der Waals surface area (Å²) in [5, 5.41) is 9.01. The van der Waals surface area contributed by atoms with Crippen LogP contribution >= 0.6 is 11.8 Å². The van der Waals surface area contributed by atoms with Gasteiger partial charge in [-0.05, 0) is 12.3 Å². The number of aromatic nitrogens is 2. The Morgan fingerprint density at radius 2 is 2.39 bits per heavy atom. The van der Waals surface area contributed by atoms with E-state index in [1.165, 1.54) is 5.56 Å². The number of hydrogen-bond donors (Lipinski definition) is 1. The third-order valence-electron chi connectivity index (χ3n) is 3.23. The summed E-state index contributed by atoms with van der Waals surface area (Å²) >= 11 is 1.83. The zero-order chi connectivity index (χ0) is 13.1. The highest BCUT2D eigenvalue weighted by Crippen LogP contribution is 2.20. The van der Waals surface area contributed by atoms with E-state index in [2.05, 4.69) is 42.4 Å². The van der Waals surface area contributed by atoms with Gasteiger partial charge in [-0.15, -0.1) is 0 Å². The van der Waals surface area contributed by atoms with Crippen LogP contribution in [0.15, 0.2) is 11.2 Å². The van der Waals surface area contributed by atoms with E-state index in [0.717, 1.165) is 29.6 Å². The van der Waals surface area contributed by atoms with Crippen LogP contribution in [0.3, 0.4) is 0 Å². The Morgan fingerprint density at radius 1 is 1.61 bits per heavy atom. The van der Waals surface area contributed by atoms with E-state index >= 15 is 0 Å². The van der Waals surface area contributed by atoms with Crippen LogP contribution in [0, 0.1) is 5.92 Å². The molecule has 0 saturated carbocycles. The second kappa shape index (κ2) is 5.78. The fraction of sp³-hybridized carbons (Fsp3) is 0.692. The second-order valence-corrected chi connectivity index (χ2v) is 6.06. The van der Waals surface area contributed by atoms with Gasteiger partial charge in [0.15, 0.2) is 5.17 Å². The van der Waals surface area contributed by atoms with Crippen molar-refractivity contribution in [2.75, 3.05) is 5.75 Å². The molecule has 0 aromatic carbocycles. The average Bonchev–Trinajstić information content (AvgIpc) is 2.92. The van der Waals surface area contributed by atoms with E-state index in [-0.39, 0.29) is 0 Å². The zero-order valence-corrected chi connectivity index (χ0v) is 12.4. The van der Waals surface area contributed by atoms with Crippen molar-refractivity contribution in [3.63, 3.8) is 0 Å².